The maximum Gasteiger partial charge on any atom is 0.194 e. The number of nitrogens with one attached hydrogen (secondary N) is 1. The molecule has 106 valence electrons. The topological polar surface area (TPSA) is 15.3 Å². The molecule has 1 aromatic carbocycles. The third-order valence-electron chi connectivity index (χ3n) is 3.67. The van der Waals surface area contributed by atoms with Crippen molar-refractivity contribution in [2.24, 2.45) is 0 Å². The highest BCUT2D eigenvalue weighted by molar-refractivity contribution is 5.19. The van der Waals surface area contributed by atoms with E-state index in [0.717, 1.165) is 31.6 Å². The summed E-state index contributed by atoms with van der Waals surface area (Å²) in [6.45, 7) is 2.21. The van der Waals surface area contributed by atoms with Crippen molar-refractivity contribution < 1.29 is 13.2 Å². The standard InChI is InChI=1S/C14H19F3N2/c1-19-5-3-2-4-11(19)9-18-8-10-6-12(15)14(17)13(16)7-10/h6-7,11,18H,2-5,8-9H2,1H3. The predicted molar refractivity (Wildman–Crippen MR) is 68.3 cm³/mol. The summed E-state index contributed by atoms with van der Waals surface area (Å²) in [5.74, 6) is -3.67. The van der Waals surface area contributed by atoms with Crippen LogP contribution >= 0.6 is 0 Å². The SMILES string of the molecule is CN1CCCCC1CNCc1cc(F)c(F)c(F)c1. The van der Waals surface area contributed by atoms with Crippen LogP contribution in [0.15, 0.2) is 12.1 Å². The van der Waals surface area contributed by atoms with E-state index in [0.29, 0.717) is 18.2 Å². The van der Waals surface area contributed by atoms with Crippen molar-refractivity contribution in [3.05, 3.63) is 35.1 Å². The second-order valence-electron chi connectivity index (χ2n) is 5.13. The summed E-state index contributed by atoms with van der Waals surface area (Å²) in [5.41, 5.74) is 0.426. The molecule has 0 saturated carbocycles. The average molecular weight is 272 g/mol. The fourth-order valence-corrected chi connectivity index (χ4v) is 2.50. The Balaban J connectivity index is 1.85. The number of hydrogen-bond acceptors (Lipinski definition) is 2. The first kappa shape index (κ1) is 14.3. The van der Waals surface area contributed by atoms with Gasteiger partial charge < -0.3 is 10.2 Å². The number of piperidine rings is 1. The number of nitrogens with zero attached hydrogens (tertiary/aromatic N) is 1. The number of halogens is 3. The van der Waals surface area contributed by atoms with Gasteiger partial charge in [-0.25, -0.2) is 13.2 Å². The number of likely N-dealkylation sites (N-methyl/N-ethyl adjacent to an activating group) is 1. The van der Waals surface area contributed by atoms with Gasteiger partial charge in [0.25, 0.3) is 0 Å². The van der Waals surface area contributed by atoms with Crippen LogP contribution in [-0.4, -0.2) is 31.1 Å². The van der Waals surface area contributed by atoms with Gasteiger partial charge in [0.2, 0.25) is 0 Å². The van der Waals surface area contributed by atoms with Gasteiger partial charge in [0, 0.05) is 19.1 Å². The van der Waals surface area contributed by atoms with Crippen molar-refractivity contribution in [3.63, 3.8) is 0 Å². The van der Waals surface area contributed by atoms with E-state index in [1.54, 1.807) is 0 Å². The van der Waals surface area contributed by atoms with Crippen LogP contribution in [0.2, 0.25) is 0 Å². The minimum atomic E-state index is -1.41. The van der Waals surface area contributed by atoms with Crippen molar-refractivity contribution in [2.75, 3.05) is 20.1 Å². The summed E-state index contributed by atoms with van der Waals surface area (Å²) < 4.78 is 38.9. The zero-order chi connectivity index (χ0) is 13.8. The van der Waals surface area contributed by atoms with E-state index in [2.05, 4.69) is 17.3 Å². The maximum atomic E-state index is 13.0. The highest BCUT2D eigenvalue weighted by Crippen LogP contribution is 2.15. The molecular formula is C14H19F3N2. The lowest BCUT2D eigenvalue weighted by atomic mass is 10.0. The zero-order valence-corrected chi connectivity index (χ0v) is 11.1. The molecule has 1 aromatic rings. The molecule has 1 saturated heterocycles. The molecule has 1 N–H and O–H groups in total. The first-order valence-electron chi connectivity index (χ1n) is 6.62. The third-order valence-corrected chi connectivity index (χ3v) is 3.67. The van der Waals surface area contributed by atoms with Crippen molar-refractivity contribution in [2.45, 2.75) is 31.8 Å². The average Bonchev–Trinajstić information content (AvgIpc) is 2.38. The quantitative estimate of drug-likeness (QED) is 0.848. The summed E-state index contributed by atoms with van der Waals surface area (Å²) >= 11 is 0. The van der Waals surface area contributed by atoms with E-state index in [4.69, 9.17) is 0 Å². The molecule has 1 heterocycles. The Morgan fingerprint density at radius 3 is 2.53 bits per heavy atom. The van der Waals surface area contributed by atoms with Crippen LogP contribution in [0.25, 0.3) is 0 Å². The van der Waals surface area contributed by atoms with Crippen LogP contribution in [0.1, 0.15) is 24.8 Å². The van der Waals surface area contributed by atoms with Crippen LogP contribution in [-0.2, 0) is 6.54 Å². The molecule has 2 nitrogen and oxygen atoms in total. The monoisotopic (exact) mass is 272 g/mol. The van der Waals surface area contributed by atoms with E-state index >= 15 is 0 Å². The lowest BCUT2D eigenvalue weighted by molar-refractivity contribution is 0.181. The van der Waals surface area contributed by atoms with Crippen molar-refractivity contribution in [1.82, 2.24) is 10.2 Å². The van der Waals surface area contributed by atoms with Gasteiger partial charge in [-0.2, -0.15) is 0 Å². The summed E-state index contributed by atoms with van der Waals surface area (Å²) in [6, 6.07) is 2.54. The first-order chi connectivity index (χ1) is 9.08. The molecule has 1 atom stereocenters. The Kier molecular flexibility index (Phi) is 4.82. The van der Waals surface area contributed by atoms with Crippen LogP contribution < -0.4 is 5.32 Å². The Labute approximate surface area is 111 Å². The molecule has 1 aliphatic heterocycles. The Morgan fingerprint density at radius 1 is 1.21 bits per heavy atom. The van der Waals surface area contributed by atoms with Crippen molar-refractivity contribution in [1.29, 1.82) is 0 Å². The number of likely N-dealkylation sites (tertiary alicyclic amines) is 1. The van der Waals surface area contributed by atoms with Crippen molar-refractivity contribution in [3.8, 4) is 0 Å². The molecule has 2 rings (SSSR count). The van der Waals surface area contributed by atoms with Crippen LogP contribution in [0, 0.1) is 17.5 Å². The second-order valence-corrected chi connectivity index (χ2v) is 5.13. The highest BCUT2D eigenvalue weighted by atomic mass is 19.2. The predicted octanol–water partition coefficient (Wildman–Crippen LogP) is 2.68. The van der Waals surface area contributed by atoms with Gasteiger partial charge in [-0.15, -0.1) is 0 Å². The largest absolute Gasteiger partial charge is 0.311 e. The molecule has 19 heavy (non-hydrogen) atoms. The molecule has 0 amide bonds. The minimum absolute atomic E-state index is 0.346. The molecular weight excluding hydrogens is 253 g/mol. The van der Waals surface area contributed by atoms with E-state index in [1.807, 2.05) is 0 Å². The van der Waals surface area contributed by atoms with E-state index < -0.39 is 17.5 Å². The van der Waals surface area contributed by atoms with Crippen LogP contribution in [0.3, 0.4) is 0 Å². The molecule has 1 fully saturated rings. The summed E-state index contributed by atoms with van der Waals surface area (Å²) in [7, 11) is 2.09. The normalized spacial score (nSPS) is 20.7. The van der Waals surface area contributed by atoms with Gasteiger partial charge in [-0.3, -0.25) is 0 Å². The van der Waals surface area contributed by atoms with Crippen LogP contribution in [0.5, 0.6) is 0 Å². The molecule has 5 heteroatoms. The molecule has 1 unspecified atom stereocenters. The van der Waals surface area contributed by atoms with E-state index in [1.165, 1.54) is 12.8 Å². The summed E-state index contributed by atoms with van der Waals surface area (Å²) in [5, 5.41) is 3.18. The first-order valence-corrected chi connectivity index (χ1v) is 6.62. The Hall–Kier alpha value is -1.07. The zero-order valence-electron chi connectivity index (χ0n) is 11.1. The second kappa shape index (κ2) is 6.39. The fourth-order valence-electron chi connectivity index (χ4n) is 2.50. The number of hydrogen-bond donors (Lipinski definition) is 1. The molecule has 0 spiro atoms. The summed E-state index contributed by atoms with van der Waals surface area (Å²) in [4.78, 5) is 2.29. The molecule has 0 aliphatic carbocycles. The van der Waals surface area contributed by atoms with Gasteiger partial charge in [-0.1, -0.05) is 6.42 Å². The fraction of sp³-hybridized carbons (Fsp3) is 0.571. The smallest absolute Gasteiger partial charge is 0.194 e. The molecule has 0 radical (unpaired) electrons. The molecule has 0 bridgehead atoms. The van der Waals surface area contributed by atoms with Gasteiger partial charge >= 0.3 is 0 Å². The van der Waals surface area contributed by atoms with Crippen molar-refractivity contribution >= 4 is 0 Å². The molecule has 1 aliphatic rings. The Bertz CT molecular complexity index is 414. The lowest BCUT2D eigenvalue weighted by Crippen LogP contribution is -2.42. The Morgan fingerprint density at radius 2 is 1.89 bits per heavy atom. The van der Waals surface area contributed by atoms with Crippen LogP contribution in [0.4, 0.5) is 13.2 Å². The third kappa shape index (κ3) is 3.70. The number of benzene rings is 1. The number of rotatable bonds is 4. The van der Waals surface area contributed by atoms with Gasteiger partial charge in [0.15, 0.2) is 17.5 Å². The van der Waals surface area contributed by atoms with Gasteiger partial charge in [0.1, 0.15) is 0 Å². The maximum absolute atomic E-state index is 13.0. The highest BCUT2D eigenvalue weighted by Gasteiger charge is 2.18. The minimum Gasteiger partial charge on any atom is -0.311 e. The lowest BCUT2D eigenvalue weighted by Gasteiger charge is -2.32. The van der Waals surface area contributed by atoms with E-state index in [9.17, 15) is 13.2 Å². The van der Waals surface area contributed by atoms with Gasteiger partial charge in [-0.05, 0) is 44.1 Å². The summed E-state index contributed by atoms with van der Waals surface area (Å²) in [6.07, 6.45) is 3.58. The van der Waals surface area contributed by atoms with Gasteiger partial charge in [0.05, 0.1) is 0 Å². The molecule has 0 aromatic heterocycles. The van der Waals surface area contributed by atoms with E-state index in [-0.39, 0.29) is 0 Å².